The van der Waals surface area contributed by atoms with Crippen LogP contribution >= 0.6 is 11.1 Å². The second-order valence-electron chi connectivity index (χ2n) is 2.93. The van der Waals surface area contributed by atoms with Crippen molar-refractivity contribution in [3.05, 3.63) is 0 Å². The van der Waals surface area contributed by atoms with Gasteiger partial charge in [0, 0.05) is 0 Å². The molecule has 0 spiro atoms. The van der Waals surface area contributed by atoms with Crippen molar-refractivity contribution in [1.29, 1.82) is 0 Å². The first-order valence-corrected chi connectivity index (χ1v) is 7.18. The fourth-order valence-electron chi connectivity index (χ4n) is 1.51. The third kappa shape index (κ3) is 3.98. The Bertz CT molecular complexity index is 104. The molecule has 0 saturated carbocycles. The molecule has 0 rings (SSSR count). The lowest BCUT2D eigenvalue weighted by Gasteiger charge is -2.36. The number of nitrogens with zero attached hydrogens (tertiary/aromatic N) is 2. The van der Waals surface area contributed by atoms with Crippen LogP contribution in [0.3, 0.4) is 0 Å². The quantitative estimate of drug-likeness (QED) is 0.367. The lowest BCUT2D eigenvalue weighted by molar-refractivity contribution is 0.117. The molecule has 0 aromatic rings. The van der Waals surface area contributed by atoms with Crippen LogP contribution in [-0.4, -0.2) is 50.6 Å². The van der Waals surface area contributed by atoms with Crippen LogP contribution < -0.4 is 0 Å². The van der Waals surface area contributed by atoms with Crippen molar-refractivity contribution in [3.8, 4) is 0 Å². The van der Waals surface area contributed by atoms with Crippen LogP contribution in [0.15, 0.2) is 0 Å². The molecule has 0 aromatic carbocycles. The summed E-state index contributed by atoms with van der Waals surface area (Å²) >= 11 is 6.02. The second kappa shape index (κ2) is 7.80. The zero-order valence-corrected chi connectivity index (χ0v) is 10.9. The van der Waals surface area contributed by atoms with Gasteiger partial charge < -0.3 is 0 Å². The molecule has 0 unspecified atom stereocenters. The molecule has 0 aliphatic rings. The van der Waals surface area contributed by atoms with Crippen molar-refractivity contribution in [3.63, 3.8) is 0 Å². The monoisotopic (exact) mass is 220 g/mol. The van der Waals surface area contributed by atoms with Crippen molar-refractivity contribution in [2.24, 2.45) is 0 Å². The molecule has 0 atom stereocenters. The molecule has 13 heavy (non-hydrogen) atoms. The van der Waals surface area contributed by atoms with Gasteiger partial charge >= 0.3 is 0 Å². The van der Waals surface area contributed by atoms with Gasteiger partial charge in [0.2, 0.25) is 8.83 Å². The first-order valence-electron chi connectivity index (χ1n) is 5.09. The highest BCUT2D eigenvalue weighted by Gasteiger charge is 2.20. The van der Waals surface area contributed by atoms with Gasteiger partial charge in [-0.1, -0.05) is 27.7 Å². The molecular formula is C9H21ClN2Si. The number of hydrogen-bond acceptors (Lipinski definition) is 2. The van der Waals surface area contributed by atoms with E-state index in [9.17, 15) is 0 Å². The highest BCUT2D eigenvalue weighted by molar-refractivity contribution is 6.94. The summed E-state index contributed by atoms with van der Waals surface area (Å²) in [5.74, 6) is 0.437. The van der Waals surface area contributed by atoms with E-state index in [4.69, 9.17) is 11.1 Å². The molecule has 0 aliphatic heterocycles. The van der Waals surface area contributed by atoms with Gasteiger partial charge in [-0.2, -0.15) is 11.1 Å². The Labute approximate surface area is 89.8 Å². The van der Waals surface area contributed by atoms with E-state index in [-0.39, 0.29) is 0 Å². The van der Waals surface area contributed by atoms with Crippen LogP contribution in [0.25, 0.3) is 0 Å². The Morgan fingerprint density at radius 1 is 0.923 bits per heavy atom. The summed E-state index contributed by atoms with van der Waals surface area (Å²) in [6, 6.07) is 0. The zero-order chi connectivity index (χ0) is 10.3. The van der Waals surface area contributed by atoms with Crippen LogP contribution in [0.2, 0.25) is 0 Å². The van der Waals surface area contributed by atoms with E-state index in [1.807, 2.05) is 0 Å². The summed E-state index contributed by atoms with van der Waals surface area (Å²) in [5, 5.41) is 0. The maximum absolute atomic E-state index is 6.02. The van der Waals surface area contributed by atoms with E-state index in [0.29, 0.717) is 14.6 Å². The van der Waals surface area contributed by atoms with Crippen molar-refractivity contribution >= 4 is 19.9 Å². The molecule has 2 radical (unpaired) electrons. The van der Waals surface area contributed by atoms with E-state index < -0.39 is 0 Å². The smallest absolute Gasteiger partial charge is 0.210 e. The van der Waals surface area contributed by atoms with Crippen molar-refractivity contribution in [1.82, 2.24) is 9.80 Å². The average molecular weight is 221 g/mol. The van der Waals surface area contributed by atoms with Gasteiger partial charge in [-0.25, -0.2) is 0 Å². The lowest BCUT2D eigenvalue weighted by atomic mass is 10.5. The van der Waals surface area contributed by atoms with E-state index in [2.05, 4.69) is 37.5 Å². The standard InChI is InChI=1S/C9H21ClN2Si/c1-5-11(6-2)9(13-10)12(7-3)8-4/h9H,5-8H2,1-4H3. The lowest BCUT2D eigenvalue weighted by Crippen LogP contribution is -2.50. The van der Waals surface area contributed by atoms with Gasteiger partial charge in [0.05, 0.1) is 5.79 Å². The van der Waals surface area contributed by atoms with E-state index in [1.54, 1.807) is 0 Å². The molecule has 0 bridgehead atoms. The Hall–Kier alpha value is 0.427. The van der Waals surface area contributed by atoms with Gasteiger partial charge in [-0.05, 0) is 26.2 Å². The topological polar surface area (TPSA) is 6.48 Å². The summed E-state index contributed by atoms with van der Waals surface area (Å²) in [4.78, 5) is 4.83. The van der Waals surface area contributed by atoms with Crippen molar-refractivity contribution in [2.75, 3.05) is 26.2 Å². The molecular weight excluding hydrogens is 200 g/mol. The molecule has 0 N–H and O–H groups in total. The summed E-state index contributed by atoms with van der Waals surface area (Å²) in [6.45, 7) is 13.1. The van der Waals surface area contributed by atoms with Gasteiger partial charge in [0.15, 0.2) is 0 Å². The normalized spacial score (nSPS) is 12.0. The molecule has 0 amide bonds. The maximum Gasteiger partial charge on any atom is 0.210 e. The maximum atomic E-state index is 6.02. The van der Waals surface area contributed by atoms with Crippen LogP contribution in [0.1, 0.15) is 27.7 Å². The largest absolute Gasteiger partial charge is 0.290 e. The molecule has 0 aromatic heterocycles. The van der Waals surface area contributed by atoms with Crippen LogP contribution in [0, 0.1) is 0 Å². The summed E-state index contributed by atoms with van der Waals surface area (Å²) in [6.07, 6.45) is 0. The number of halogens is 1. The molecule has 0 aliphatic carbocycles. The van der Waals surface area contributed by atoms with E-state index in [0.717, 1.165) is 26.2 Å². The van der Waals surface area contributed by atoms with Crippen LogP contribution in [0.4, 0.5) is 0 Å². The molecule has 0 heterocycles. The van der Waals surface area contributed by atoms with Crippen molar-refractivity contribution < 1.29 is 0 Å². The fraction of sp³-hybridized carbons (Fsp3) is 1.00. The van der Waals surface area contributed by atoms with Gasteiger partial charge in [0.1, 0.15) is 0 Å². The van der Waals surface area contributed by atoms with E-state index >= 15 is 0 Å². The number of hydrogen-bond donors (Lipinski definition) is 0. The predicted molar refractivity (Wildman–Crippen MR) is 61.2 cm³/mol. The van der Waals surface area contributed by atoms with Crippen LogP contribution in [-0.2, 0) is 0 Å². The Morgan fingerprint density at radius 3 is 1.38 bits per heavy atom. The average Bonchev–Trinajstić information content (AvgIpc) is 2.18. The molecule has 78 valence electrons. The number of rotatable bonds is 7. The second-order valence-corrected chi connectivity index (χ2v) is 4.31. The summed E-state index contributed by atoms with van der Waals surface area (Å²) in [5.41, 5.74) is 0. The predicted octanol–water partition coefficient (Wildman–Crippen LogP) is 1.81. The highest BCUT2D eigenvalue weighted by atomic mass is 35.6. The third-order valence-corrected chi connectivity index (χ3v) is 3.93. The SMILES string of the molecule is CCN(CC)C([Si]Cl)N(CC)CC. The third-order valence-electron chi connectivity index (χ3n) is 2.41. The molecule has 4 heteroatoms. The zero-order valence-electron chi connectivity index (χ0n) is 9.18. The highest BCUT2D eigenvalue weighted by Crippen LogP contribution is 2.05. The summed E-state index contributed by atoms with van der Waals surface area (Å²) in [7, 11) is 0.461. The van der Waals surface area contributed by atoms with Gasteiger partial charge in [-0.3, -0.25) is 9.80 Å². The fourth-order valence-corrected chi connectivity index (χ4v) is 3.34. The molecule has 0 fully saturated rings. The Morgan fingerprint density at radius 2 is 1.23 bits per heavy atom. The molecule has 2 nitrogen and oxygen atoms in total. The van der Waals surface area contributed by atoms with Gasteiger partial charge in [-0.15, -0.1) is 0 Å². The minimum absolute atomic E-state index is 0.437. The Balaban J connectivity index is 4.26. The summed E-state index contributed by atoms with van der Waals surface area (Å²) < 4.78 is 0. The van der Waals surface area contributed by atoms with E-state index in [1.165, 1.54) is 0 Å². The first kappa shape index (κ1) is 13.4. The minimum atomic E-state index is 0.437. The Kier molecular flexibility index (Phi) is 8.05. The van der Waals surface area contributed by atoms with Gasteiger partial charge in [0.25, 0.3) is 0 Å². The van der Waals surface area contributed by atoms with Crippen molar-refractivity contribution in [2.45, 2.75) is 33.5 Å². The molecule has 0 saturated heterocycles. The minimum Gasteiger partial charge on any atom is -0.290 e. The first-order chi connectivity index (χ1) is 6.24. The van der Waals surface area contributed by atoms with Crippen LogP contribution in [0.5, 0.6) is 0 Å².